The first kappa shape index (κ1) is 30.3. The van der Waals surface area contributed by atoms with Gasteiger partial charge >= 0.3 is 6.09 Å². The number of hydrogen-bond donors (Lipinski definition) is 1. The highest BCUT2D eigenvalue weighted by Crippen LogP contribution is 2.36. The number of anilines is 3. The average molecular weight is 596 g/mol. The number of pyridine rings is 1. The maximum atomic E-state index is 13.1. The highest BCUT2D eigenvalue weighted by molar-refractivity contribution is 5.97. The number of nitrogens with zero attached hydrogens (tertiary/aromatic N) is 6. The van der Waals surface area contributed by atoms with Crippen molar-refractivity contribution in [3.05, 3.63) is 77.9 Å². The highest BCUT2D eigenvalue weighted by atomic mass is 16.6. The van der Waals surface area contributed by atoms with Gasteiger partial charge < -0.3 is 24.6 Å². The summed E-state index contributed by atoms with van der Waals surface area (Å²) < 4.78 is 12.7. The third kappa shape index (κ3) is 5.98. The molecule has 44 heavy (non-hydrogen) atoms. The molecule has 2 aromatic carbocycles. The normalized spacial score (nSPS) is 11.8. The van der Waals surface area contributed by atoms with Crippen LogP contribution in [0, 0.1) is 6.92 Å². The molecule has 1 atom stereocenters. The van der Waals surface area contributed by atoms with Crippen molar-refractivity contribution in [3.63, 3.8) is 0 Å². The Hall–Kier alpha value is -5.19. The van der Waals surface area contributed by atoms with Crippen molar-refractivity contribution in [1.82, 2.24) is 24.4 Å². The van der Waals surface area contributed by atoms with Crippen LogP contribution in [0.1, 0.15) is 30.8 Å². The number of fused-ring (bicyclic) bond motifs is 2. The monoisotopic (exact) mass is 595 g/mol. The molecule has 3 heterocycles. The summed E-state index contributed by atoms with van der Waals surface area (Å²) in [5.41, 5.74) is 4.97. The number of carbonyl (C=O) groups excluding carboxylic acids is 2. The molecule has 1 amide bonds. The molecule has 1 unspecified atom stereocenters. The molecule has 11 nitrogen and oxygen atoms in total. The third-order valence-corrected chi connectivity index (χ3v) is 7.52. The molecule has 0 radical (unpaired) electrons. The Kier molecular flexibility index (Phi) is 8.66. The predicted molar refractivity (Wildman–Crippen MR) is 172 cm³/mol. The first-order valence-corrected chi connectivity index (χ1v) is 14.4. The SMILES string of the molecule is CCc1c(N(C)c2cnc(OC)c(CC(=O)N(C)C)c2)ccc2nc(C)nc(NC(C)OC(=O)n3ccc4ccccc43)c12. The van der Waals surface area contributed by atoms with Crippen molar-refractivity contribution < 1.29 is 19.1 Å². The smallest absolute Gasteiger partial charge is 0.420 e. The lowest BCUT2D eigenvalue weighted by molar-refractivity contribution is -0.128. The Morgan fingerprint density at radius 2 is 1.84 bits per heavy atom. The van der Waals surface area contributed by atoms with E-state index in [-0.39, 0.29) is 12.3 Å². The summed E-state index contributed by atoms with van der Waals surface area (Å²) in [6.07, 6.45) is 3.10. The average Bonchev–Trinajstić information content (AvgIpc) is 3.44. The van der Waals surface area contributed by atoms with E-state index in [0.717, 1.165) is 38.7 Å². The van der Waals surface area contributed by atoms with Crippen molar-refractivity contribution in [1.29, 1.82) is 0 Å². The van der Waals surface area contributed by atoms with E-state index in [1.807, 2.05) is 67.4 Å². The molecule has 0 saturated heterocycles. The zero-order chi connectivity index (χ0) is 31.5. The summed E-state index contributed by atoms with van der Waals surface area (Å²) in [6.45, 7) is 5.68. The van der Waals surface area contributed by atoms with Crippen molar-refractivity contribution >= 4 is 51.0 Å². The van der Waals surface area contributed by atoms with Crippen LogP contribution in [-0.2, 0) is 22.4 Å². The van der Waals surface area contributed by atoms with E-state index >= 15 is 0 Å². The van der Waals surface area contributed by atoms with Gasteiger partial charge in [-0.3, -0.25) is 9.36 Å². The van der Waals surface area contributed by atoms with Gasteiger partial charge in [-0.25, -0.2) is 19.7 Å². The maximum absolute atomic E-state index is 13.1. The first-order valence-electron chi connectivity index (χ1n) is 14.4. The number of aromatic nitrogens is 4. The number of hydrogen-bond acceptors (Lipinski definition) is 9. The van der Waals surface area contributed by atoms with Crippen LogP contribution in [0.3, 0.4) is 0 Å². The zero-order valence-corrected chi connectivity index (χ0v) is 26.1. The second-order valence-corrected chi connectivity index (χ2v) is 10.7. The summed E-state index contributed by atoms with van der Waals surface area (Å²) in [4.78, 5) is 43.0. The fraction of sp³-hybridized carbons (Fsp3) is 0.303. The fourth-order valence-electron chi connectivity index (χ4n) is 5.29. The second-order valence-electron chi connectivity index (χ2n) is 10.7. The van der Waals surface area contributed by atoms with E-state index in [1.165, 1.54) is 4.57 Å². The van der Waals surface area contributed by atoms with Gasteiger partial charge in [0.2, 0.25) is 11.8 Å². The zero-order valence-electron chi connectivity index (χ0n) is 26.1. The van der Waals surface area contributed by atoms with E-state index in [9.17, 15) is 9.59 Å². The number of benzene rings is 2. The van der Waals surface area contributed by atoms with Crippen LogP contribution in [0.2, 0.25) is 0 Å². The Morgan fingerprint density at radius 1 is 1.07 bits per heavy atom. The Bertz CT molecular complexity index is 1850. The summed E-state index contributed by atoms with van der Waals surface area (Å²) >= 11 is 0. The number of likely N-dealkylation sites (N-methyl/N-ethyl adjacent to an activating group) is 1. The van der Waals surface area contributed by atoms with Crippen molar-refractivity contribution in [2.45, 2.75) is 39.8 Å². The van der Waals surface area contributed by atoms with Crippen molar-refractivity contribution in [2.24, 2.45) is 0 Å². The molecule has 5 rings (SSSR count). The fourth-order valence-corrected chi connectivity index (χ4v) is 5.29. The van der Waals surface area contributed by atoms with Gasteiger partial charge in [-0.15, -0.1) is 0 Å². The standard InChI is InChI=1S/C33H37N7O4/c1-8-25-28(39(6)24-17-23(18-29(41)38(4)5)32(43-7)34-19-24)14-13-26-30(25)31(36-20(2)35-26)37-21(3)44-33(42)40-16-15-22-11-9-10-12-27(22)40/h9-17,19,21H,8,18H2,1-7H3,(H,35,36,37). The molecule has 5 aromatic rings. The number of aryl methyl sites for hydroxylation is 2. The van der Waals surface area contributed by atoms with E-state index < -0.39 is 12.3 Å². The molecule has 0 aliphatic rings. The number of methoxy groups -OCH3 is 1. The quantitative estimate of drug-likeness (QED) is 0.214. The van der Waals surface area contributed by atoms with E-state index in [0.29, 0.717) is 29.5 Å². The molecule has 11 heteroatoms. The Morgan fingerprint density at radius 3 is 2.57 bits per heavy atom. The largest absolute Gasteiger partial charge is 0.481 e. The lowest BCUT2D eigenvalue weighted by Crippen LogP contribution is -2.26. The lowest BCUT2D eigenvalue weighted by atomic mass is 10.0. The second kappa shape index (κ2) is 12.6. The number of para-hydroxylation sites is 1. The van der Waals surface area contributed by atoms with Crippen LogP contribution in [-0.4, -0.2) is 70.9 Å². The van der Waals surface area contributed by atoms with Crippen LogP contribution in [0.15, 0.2) is 60.9 Å². The van der Waals surface area contributed by atoms with E-state index in [1.54, 1.807) is 45.4 Å². The summed E-state index contributed by atoms with van der Waals surface area (Å²) in [5, 5.41) is 5.09. The predicted octanol–water partition coefficient (Wildman–Crippen LogP) is 5.70. The molecule has 0 fully saturated rings. The van der Waals surface area contributed by atoms with Crippen LogP contribution in [0.4, 0.5) is 22.0 Å². The molecule has 0 aliphatic carbocycles. The maximum Gasteiger partial charge on any atom is 0.420 e. The van der Waals surface area contributed by atoms with Gasteiger partial charge in [0.15, 0.2) is 6.23 Å². The van der Waals surface area contributed by atoms with Gasteiger partial charge in [0.25, 0.3) is 0 Å². The van der Waals surface area contributed by atoms with Gasteiger partial charge in [-0.1, -0.05) is 25.1 Å². The van der Waals surface area contributed by atoms with Crippen molar-refractivity contribution in [2.75, 3.05) is 38.5 Å². The minimum Gasteiger partial charge on any atom is -0.481 e. The number of ether oxygens (including phenoxy) is 2. The van der Waals surface area contributed by atoms with E-state index in [4.69, 9.17) is 19.4 Å². The summed E-state index contributed by atoms with van der Waals surface area (Å²) in [7, 11) is 6.94. The van der Waals surface area contributed by atoms with Crippen molar-refractivity contribution in [3.8, 4) is 5.88 Å². The van der Waals surface area contributed by atoms with Gasteiger partial charge in [0.05, 0.1) is 36.4 Å². The first-order chi connectivity index (χ1) is 21.1. The lowest BCUT2D eigenvalue weighted by Gasteiger charge is -2.25. The van der Waals surface area contributed by atoms with Gasteiger partial charge in [-0.05, 0) is 56.2 Å². The van der Waals surface area contributed by atoms with Gasteiger partial charge in [0.1, 0.15) is 11.6 Å². The third-order valence-electron chi connectivity index (χ3n) is 7.52. The molecule has 1 N–H and O–H groups in total. The van der Waals surface area contributed by atoms with Crippen LogP contribution < -0.4 is 15.0 Å². The molecule has 0 spiro atoms. The van der Waals surface area contributed by atoms with E-state index in [2.05, 4.69) is 17.2 Å². The minimum atomic E-state index is -0.685. The number of rotatable bonds is 9. The molecule has 228 valence electrons. The van der Waals surface area contributed by atoms with Crippen LogP contribution in [0.25, 0.3) is 21.8 Å². The molecule has 0 bridgehead atoms. The molecular weight excluding hydrogens is 558 g/mol. The van der Waals surface area contributed by atoms with Gasteiger partial charge in [0, 0.05) is 49.4 Å². The molecule has 0 saturated carbocycles. The molecule has 0 aliphatic heterocycles. The Labute approximate surface area is 256 Å². The van der Waals surface area contributed by atoms with Crippen LogP contribution >= 0.6 is 0 Å². The molecule has 3 aromatic heterocycles. The number of nitrogens with one attached hydrogen (secondary N) is 1. The number of carbonyl (C=O) groups is 2. The highest BCUT2D eigenvalue weighted by Gasteiger charge is 2.21. The van der Waals surface area contributed by atoms with Gasteiger partial charge in [-0.2, -0.15) is 0 Å². The summed E-state index contributed by atoms with van der Waals surface area (Å²) in [5.74, 6) is 1.53. The molecular formula is C33H37N7O4. The topological polar surface area (TPSA) is 115 Å². The number of amides is 1. The van der Waals surface area contributed by atoms with Crippen LogP contribution in [0.5, 0.6) is 5.88 Å². The minimum absolute atomic E-state index is 0.0483. The Balaban J connectivity index is 1.48. The summed E-state index contributed by atoms with van der Waals surface area (Å²) in [6, 6.07) is 15.4.